The van der Waals surface area contributed by atoms with Gasteiger partial charge in [0, 0.05) is 41.3 Å². The van der Waals surface area contributed by atoms with Crippen molar-refractivity contribution in [2.45, 2.75) is 127 Å². The van der Waals surface area contributed by atoms with Crippen LogP contribution in [0.1, 0.15) is 91.4 Å². The molecule has 5 atom stereocenters. The third kappa shape index (κ3) is 8.74. The van der Waals surface area contributed by atoms with E-state index in [2.05, 4.69) is 35.9 Å². The largest absolute Gasteiger partial charge is 0.497 e. The molecular weight excluding hydrogens is 721 g/mol. The number of pyridine rings is 1. The number of ether oxygens (including phenoxy) is 3. The maximum atomic E-state index is 14.6. The predicted octanol–water partition coefficient (Wildman–Crippen LogP) is 6.56. The molecule has 2 aliphatic carbocycles. The standard InChI is InChI=1S/C41H52N6O7S/c1-24(2)42-39-44-34(23-55-39)33-20-36(30-17-16-28(52-4)18-32(30)43-33)53-29-19-35-37(49)46-41(25(3)48)21-26(41)12-8-6-5-7-9-15-31(38(50)47(35)22-29)45-40(51)54-27-13-10-11-14-27/h8,12,16-18,20,23-24,26-27,29,31,35H,5-7,9-11,13-15,19,21-22H2,1-4H3,(H,42,44)(H,45,51)(H,46,49)/b12-8-/t26?,29-,31+,35+,41+/m1/s1. The van der Waals surface area contributed by atoms with Crippen LogP contribution in [-0.4, -0.2) is 88.1 Å². The smallest absolute Gasteiger partial charge is 0.408 e. The molecule has 3 N–H and O–H groups in total. The van der Waals surface area contributed by atoms with Crippen molar-refractivity contribution >= 4 is 51.1 Å². The van der Waals surface area contributed by atoms with Gasteiger partial charge >= 0.3 is 6.09 Å². The van der Waals surface area contributed by atoms with Crippen LogP contribution in [0.25, 0.3) is 22.3 Å². The fraction of sp³-hybridized carbons (Fsp3) is 0.561. The molecule has 7 rings (SSSR count). The molecule has 55 heavy (non-hydrogen) atoms. The first-order valence-corrected chi connectivity index (χ1v) is 20.6. The Morgan fingerprint density at radius 2 is 1.82 bits per heavy atom. The number of amides is 3. The number of rotatable bonds is 9. The number of thiazole rings is 1. The Balaban J connectivity index is 1.20. The topological polar surface area (TPSA) is 161 Å². The molecule has 0 spiro atoms. The molecule has 2 aromatic heterocycles. The van der Waals surface area contributed by atoms with Gasteiger partial charge in [-0.3, -0.25) is 14.4 Å². The van der Waals surface area contributed by atoms with E-state index in [1.165, 1.54) is 23.2 Å². The van der Waals surface area contributed by atoms with E-state index in [4.69, 9.17) is 24.2 Å². The number of carbonyl (C=O) groups is 4. The first-order chi connectivity index (χ1) is 26.5. The first kappa shape index (κ1) is 38.6. The summed E-state index contributed by atoms with van der Waals surface area (Å²) in [5.41, 5.74) is 0.918. The Morgan fingerprint density at radius 3 is 2.58 bits per heavy atom. The van der Waals surface area contributed by atoms with Crippen molar-refractivity contribution in [2.24, 2.45) is 5.92 Å². The zero-order chi connectivity index (χ0) is 38.7. The van der Waals surface area contributed by atoms with Crippen LogP contribution in [0.4, 0.5) is 9.93 Å². The van der Waals surface area contributed by atoms with E-state index in [-0.39, 0.29) is 42.7 Å². The highest BCUT2D eigenvalue weighted by atomic mass is 32.1. The van der Waals surface area contributed by atoms with Crippen molar-refractivity contribution in [3.05, 3.63) is 41.8 Å². The van der Waals surface area contributed by atoms with E-state index in [9.17, 15) is 19.2 Å². The molecule has 294 valence electrons. The lowest BCUT2D eigenvalue weighted by Crippen LogP contribution is -2.56. The second-order valence-corrected chi connectivity index (χ2v) is 16.5. The van der Waals surface area contributed by atoms with Gasteiger partial charge in [0.25, 0.3) is 0 Å². The Labute approximate surface area is 326 Å². The average Bonchev–Trinajstić information content (AvgIpc) is 3.58. The van der Waals surface area contributed by atoms with E-state index >= 15 is 0 Å². The molecular formula is C41H52N6O7S. The highest BCUT2D eigenvalue weighted by Crippen LogP contribution is 2.46. The number of nitrogens with zero attached hydrogens (tertiary/aromatic N) is 3. The third-order valence-electron chi connectivity index (χ3n) is 11.2. The predicted molar refractivity (Wildman–Crippen MR) is 210 cm³/mol. The van der Waals surface area contributed by atoms with E-state index in [0.29, 0.717) is 47.7 Å². The van der Waals surface area contributed by atoms with Crippen LogP contribution in [0.2, 0.25) is 0 Å². The van der Waals surface area contributed by atoms with Crippen molar-refractivity contribution in [1.82, 2.24) is 25.5 Å². The number of fused-ring (bicyclic) bond motifs is 3. The molecule has 4 aliphatic rings. The SMILES string of the molecule is COc1ccc2c(O[C@@H]3C[C@H]4C(=O)N[C@]5(C(C)=O)CC5/C=C\CCCCC[C@H](NC(=O)OC5CCCC5)C(=O)N4C3)cc(-c3csc(NC(C)C)n3)nc2c1. The van der Waals surface area contributed by atoms with Crippen LogP contribution in [-0.2, 0) is 19.1 Å². The van der Waals surface area contributed by atoms with Crippen molar-refractivity contribution in [3.8, 4) is 22.9 Å². The lowest BCUT2D eigenvalue weighted by Gasteiger charge is -2.29. The zero-order valence-corrected chi connectivity index (χ0v) is 32.9. The average molecular weight is 773 g/mol. The number of allylic oxidation sites excluding steroid dienone is 1. The number of aromatic nitrogens is 2. The number of ketones is 1. The zero-order valence-electron chi connectivity index (χ0n) is 32.1. The van der Waals surface area contributed by atoms with Crippen molar-refractivity contribution in [3.63, 3.8) is 0 Å². The molecule has 1 aromatic carbocycles. The Kier molecular flexibility index (Phi) is 11.6. The van der Waals surface area contributed by atoms with Gasteiger partial charge in [-0.25, -0.2) is 14.8 Å². The molecule has 13 nitrogen and oxygen atoms in total. The van der Waals surface area contributed by atoms with Crippen LogP contribution in [0.3, 0.4) is 0 Å². The Morgan fingerprint density at radius 1 is 1.02 bits per heavy atom. The number of methoxy groups -OCH3 is 1. The summed E-state index contributed by atoms with van der Waals surface area (Å²) in [7, 11) is 1.60. The maximum absolute atomic E-state index is 14.6. The van der Waals surface area contributed by atoms with Crippen molar-refractivity contribution in [2.75, 3.05) is 19.0 Å². The van der Waals surface area contributed by atoms with E-state index < -0.39 is 35.7 Å². The molecule has 0 bridgehead atoms. The molecule has 4 heterocycles. The van der Waals surface area contributed by atoms with Gasteiger partial charge in [-0.2, -0.15) is 0 Å². The summed E-state index contributed by atoms with van der Waals surface area (Å²) < 4.78 is 18.0. The van der Waals surface area contributed by atoms with E-state index in [1.807, 2.05) is 35.7 Å². The summed E-state index contributed by atoms with van der Waals surface area (Å²) in [6.07, 6.45) is 10.8. The van der Waals surface area contributed by atoms with Gasteiger partial charge in [0.15, 0.2) is 10.9 Å². The molecule has 0 radical (unpaired) electrons. The van der Waals surface area contributed by atoms with Crippen LogP contribution < -0.4 is 25.4 Å². The van der Waals surface area contributed by atoms with Gasteiger partial charge in [-0.05, 0) is 84.3 Å². The van der Waals surface area contributed by atoms with Gasteiger partial charge in [-0.15, -0.1) is 11.3 Å². The van der Waals surface area contributed by atoms with Gasteiger partial charge in [-0.1, -0.05) is 25.0 Å². The van der Waals surface area contributed by atoms with Crippen LogP contribution in [0.15, 0.2) is 41.8 Å². The van der Waals surface area contributed by atoms with Gasteiger partial charge in [0.05, 0.1) is 24.9 Å². The number of carbonyl (C=O) groups excluding carboxylic acids is 4. The number of benzene rings is 1. The fourth-order valence-corrected chi connectivity index (χ4v) is 8.94. The monoisotopic (exact) mass is 772 g/mol. The summed E-state index contributed by atoms with van der Waals surface area (Å²) >= 11 is 1.49. The summed E-state index contributed by atoms with van der Waals surface area (Å²) in [5.74, 6) is 0.164. The summed E-state index contributed by atoms with van der Waals surface area (Å²) in [6.45, 7) is 5.70. The molecule has 3 aromatic rings. The summed E-state index contributed by atoms with van der Waals surface area (Å²) in [4.78, 5) is 66.3. The molecule has 2 aliphatic heterocycles. The fourth-order valence-electron chi connectivity index (χ4n) is 8.09. The molecule has 2 saturated carbocycles. The quantitative estimate of drug-likeness (QED) is 0.203. The minimum Gasteiger partial charge on any atom is -0.497 e. The lowest BCUT2D eigenvalue weighted by molar-refractivity contribution is -0.141. The highest BCUT2D eigenvalue weighted by Gasteiger charge is 2.59. The van der Waals surface area contributed by atoms with Gasteiger partial charge < -0.3 is 35.1 Å². The summed E-state index contributed by atoms with van der Waals surface area (Å²) in [5, 5.41) is 12.7. The molecule has 1 saturated heterocycles. The van der Waals surface area contributed by atoms with Crippen molar-refractivity contribution in [1.29, 1.82) is 0 Å². The molecule has 3 amide bonds. The molecule has 1 unspecified atom stereocenters. The van der Waals surface area contributed by atoms with Gasteiger partial charge in [0.2, 0.25) is 11.8 Å². The number of Topliss-reactive ketones (excluding diaryl/α,β-unsaturated/α-hetero) is 1. The minimum absolute atomic E-state index is 0.0949. The van der Waals surface area contributed by atoms with Crippen LogP contribution in [0, 0.1) is 5.92 Å². The number of hydrogen-bond donors (Lipinski definition) is 3. The minimum atomic E-state index is -1.00. The maximum Gasteiger partial charge on any atom is 0.408 e. The van der Waals surface area contributed by atoms with E-state index in [1.54, 1.807) is 7.11 Å². The number of nitrogens with one attached hydrogen (secondary N) is 3. The third-order valence-corrected chi connectivity index (χ3v) is 12.0. The second kappa shape index (κ2) is 16.6. The number of hydrogen-bond acceptors (Lipinski definition) is 11. The normalized spacial score (nSPS) is 26.7. The van der Waals surface area contributed by atoms with Crippen LogP contribution >= 0.6 is 11.3 Å². The Hall–Kier alpha value is -4.72. The van der Waals surface area contributed by atoms with Gasteiger partial charge in [0.1, 0.15) is 47.0 Å². The highest BCUT2D eigenvalue weighted by molar-refractivity contribution is 7.14. The number of anilines is 1. The molecule has 14 heteroatoms. The first-order valence-electron chi connectivity index (χ1n) is 19.7. The van der Waals surface area contributed by atoms with E-state index in [0.717, 1.165) is 55.5 Å². The van der Waals surface area contributed by atoms with Crippen LogP contribution in [0.5, 0.6) is 11.5 Å². The second-order valence-electron chi connectivity index (χ2n) is 15.6. The number of alkyl carbamates (subject to hydrolysis) is 1. The Bertz CT molecular complexity index is 1940. The summed E-state index contributed by atoms with van der Waals surface area (Å²) in [6, 6.07) is 5.78. The molecule has 3 fully saturated rings. The van der Waals surface area contributed by atoms with Crippen molar-refractivity contribution < 1.29 is 33.4 Å². The lowest BCUT2D eigenvalue weighted by atomic mass is 10.0.